The van der Waals surface area contributed by atoms with Crippen molar-refractivity contribution in [3.05, 3.63) is 39.9 Å². The molecule has 0 spiro atoms. The molecule has 4 rings (SSSR count). The minimum atomic E-state index is -4.67. The number of carbonyl (C=O) groups is 4. The second kappa shape index (κ2) is 14.8. The highest BCUT2D eigenvalue weighted by Gasteiger charge is 2.63. The molecule has 49 heavy (non-hydrogen) atoms. The van der Waals surface area contributed by atoms with Gasteiger partial charge in [0.1, 0.15) is 17.1 Å². The van der Waals surface area contributed by atoms with Gasteiger partial charge in [-0.05, 0) is 58.3 Å². The van der Waals surface area contributed by atoms with E-state index in [0.717, 1.165) is 0 Å². The Bertz CT molecular complexity index is 1790. The van der Waals surface area contributed by atoms with Crippen LogP contribution in [0.4, 0.5) is 11.4 Å². The summed E-state index contributed by atoms with van der Waals surface area (Å²) in [7, 11) is -6.18. The zero-order chi connectivity index (χ0) is 38.1. The van der Waals surface area contributed by atoms with Gasteiger partial charge in [0.2, 0.25) is 11.7 Å². The quantitative estimate of drug-likeness (QED) is 0.101. The number of aliphatic hydroxyl groups excluding tert-OH is 2. The van der Waals surface area contributed by atoms with E-state index in [2.05, 4.69) is 5.32 Å². The number of allylic oxidation sites excluding steroid dienone is 1. The number of benzene rings is 1. The third-order valence-corrected chi connectivity index (χ3v) is 8.11. The average Bonchev–Trinajstić information content (AvgIpc) is 2.91. The molecule has 0 radical (unpaired) electrons. The fourth-order valence-corrected chi connectivity index (χ4v) is 6.43. The van der Waals surface area contributed by atoms with Gasteiger partial charge < -0.3 is 36.4 Å². The van der Waals surface area contributed by atoms with Crippen LogP contribution in [0.2, 0.25) is 0 Å². The summed E-state index contributed by atoms with van der Waals surface area (Å²) in [5, 5.41) is 47.7. The molecule has 20 nitrogen and oxygen atoms in total. The predicted octanol–water partition coefficient (Wildman–Crippen LogP) is -0.380. The number of ketones is 2. The maximum atomic E-state index is 14.0. The standard InChI is InChI=1S/C27H34N4O8.2H2O4S/c1-6-31(7-2)16-10-15(29-11(3)32)21(33)18-13(16)8-12-9-14-20(30(4)5)23(35)19(26(28)38)25(37)27(14,39)24(36)17(12)22(18)34;2*1-5(2,3)4/h10,12,14,20,33,35-36,39H,6-9H2,1-5H3,(H2,28,38)(H,29,32);2*(H2,1,2,3,4)/t12?,14?,20-,27-;;/m0../s1. The van der Waals surface area contributed by atoms with Crippen LogP contribution in [0.15, 0.2) is 28.7 Å². The number of hydrogen-bond donors (Lipinski definition) is 10. The van der Waals surface area contributed by atoms with E-state index in [4.69, 9.17) is 40.8 Å². The number of likely N-dealkylation sites (N-methyl/N-ethyl adjacent to an activating group) is 1. The van der Waals surface area contributed by atoms with E-state index in [1.165, 1.54) is 11.8 Å². The lowest BCUT2D eigenvalue weighted by atomic mass is 9.58. The number of nitrogens with two attached hydrogens (primary N) is 1. The highest BCUT2D eigenvalue weighted by molar-refractivity contribution is 7.80. The predicted molar refractivity (Wildman–Crippen MR) is 170 cm³/mol. The SMILES string of the molecule is CCN(CC)c1cc(NC(C)=O)c(O)c2c1CC1CC3[C@H](N(C)C)C(O)=C(C(N)=O)C(=O)[C@@]3(O)C(O)=C1C2=O.O=S(=O)(O)O.O=S(=O)(O)O. The van der Waals surface area contributed by atoms with Gasteiger partial charge in [-0.1, -0.05) is 0 Å². The summed E-state index contributed by atoms with van der Waals surface area (Å²) in [6.45, 7) is 6.23. The van der Waals surface area contributed by atoms with Crippen LogP contribution in [-0.4, -0.2) is 123 Å². The van der Waals surface area contributed by atoms with Crippen LogP contribution in [-0.2, 0) is 41.6 Å². The maximum absolute atomic E-state index is 14.0. The minimum absolute atomic E-state index is 0.00232. The Morgan fingerprint density at radius 3 is 1.90 bits per heavy atom. The van der Waals surface area contributed by atoms with Crippen LogP contribution in [0.1, 0.15) is 43.1 Å². The lowest BCUT2D eigenvalue weighted by Crippen LogP contribution is -2.63. The van der Waals surface area contributed by atoms with E-state index >= 15 is 0 Å². The number of aliphatic hydroxyl groups is 3. The minimum Gasteiger partial charge on any atom is -0.510 e. The molecule has 2 unspecified atom stereocenters. The summed E-state index contributed by atoms with van der Waals surface area (Å²) in [5.41, 5.74) is 2.52. The number of nitrogens with zero attached hydrogens (tertiary/aromatic N) is 2. The number of anilines is 2. The Balaban J connectivity index is 0.000000730. The van der Waals surface area contributed by atoms with Crippen molar-refractivity contribution in [2.75, 3.05) is 37.4 Å². The molecule has 0 saturated carbocycles. The van der Waals surface area contributed by atoms with Crippen molar-refractivity contribution in [2.24, 2.45) is 17.6 Å². The smallest absolute Gasteiger partial charge is 0.394 e. The summed E-state index contributed by atoms with van der Waals surface area (Å²) >= 11 is 0. The van der Waals surface area contributed by atoms with E-state index in [1.54, 1.807) is 20.2 Å². The third-order valence-electron chi connectivity index (χ3n) is 8.11. The van der Waals surface area contributed by atoms with Crippen molar-refractivity contribution in [3.8, 4) is 5.75 Å². The first-order valence-corrected chi connectivity index (χ1v) is 17.0. The fraction of sp³-hybridized carbons (Fsp3) is 0.481. The molecule has 0 aliphatic heterocycles. The summed E-state index contributed by atoms with van der Waals surface area (Å²) < 4.78 is 63.2. The molecule has 0 heterocycles. The number of rotatable bonds is 6. The Kier molecular flexibility index (Phi) is 12.4. The van der Waals surface area contributed by atoms with Crippen LogP contribution in [0.3, 0.4) is 0 Å². The number of hydrogen-bond acceptors (Lipinski definition) is 14. The van der Waals surface area contributed by atoms with Gasteiger partial charge in [0.15, 0.2) is 17.1 Å². The molecule has 4 atom stereocenters. The van der Waals surface area contributed by atoms with Gasteiger partial charge in [0.25, 0.3) is 5.91 Å². The molecule has 0 aromatic heterocycles. The number of phenolic OH excluding ortho intramolecular Hbond substituents is 1. The van der Waals surface area contributed by atoms with E-state index < -0.39 is 90.5 Å². The van der Waals surface area contributed by atoms with E-state index in [9.17, 15) is 39.6 Å². The highest BCUT2D eigenvalue weighted by atomic mass is 32.3. The first kappa shape index (κ1) is 41.0. The van der Waals surface area contributed by atoms with Crippen LogP contribution in [0.25, 0.3) is 0 Å². The molecule has 11 N–H and O–H groups in total. The lowest BCUT2D eigenvalue weighted by molar-refractivity contribution is -0.148. The number of Topliss-reactive ketones (excluding diaryl/α,β-unsaturated/α-hetero) is 2. The van der Waals surface area contributed by atoms with Crippen LogP contribution < -0.4 is 16.0 Å². The van der Waals surface area contributed by atoms with Crippen molar-refractivity contribution < 1.29 is 74.7 Å². The number of phenols is 1. The molecule has 1 aromatic rings. The van der Waals surface area contributed by atoms with Gasteiger partial charge in [-0.3, -0.25) is 42.3 Å². The van der Waals surface area contributed by atoms with Gasteiger partial charge in [-0.2, -0.15) is 16.8 Å². The van der Waals surface area contributed by atoms with Gasteiger partial charge >= 0.3 is 20.8 Å². The normalized spacial score (nSPS) is 23.3. The summed E-state index contributed by atoms with van der Waals surface area (Å²) in [4.78, 5) is 54.8. The molecule has 3 aliphatic carbocycles. The second-order valence-electron chi connectivity index (χ2n) is 11.4. The van der Waals surface area contributed by atoms with Gasteiger partial charge in [0, 0.05) is 37.2 Å². The largest absolute Gasteiger partial charge is 0.510 e. The number of nitrogens with one attached hydrogen (secondary N) is 1. The summed E-state index contributed by atoms with van der Waals surface area (Å²) in [6, 6.07) is 0.539. The van der Waals surface area contributed by atoms with Crippen molar-refractivity contribution >= 4 is 55.6 Å². The van der Waals surface area contributed by atoms with E-state index in [-0.39, 0.29) is 29.7 Å². The average molecular weight is 739 g/mol. The number of aromatic hydroxyl groups is 1. The summed E-state index contributed by atoms with van der Waals surface area (Å²) in [5.74, 6) is -7.69. The van der Waals surface area contributed by atoms with Gasteiger partial charge in [-0.25, -0.2) is 0 Å². The molecule has 0 saturated heterocycles. The second-order valence-corrected chi connectivity index (χ2v) is 13.1. The molecule has 3 aliphatic rings. The Hall–Kier alpha value is -4.16. The van der Waals surface area contributed by atoms with Crippen molar-refractivity contribution in [2.45, 2.75) is 45.3 Å². The number of fused-ring (bicyclic) bond motifs is 3. The summed E-state index contributed by atoms with van der Waals surface area (Å²) in [6.07, 6.45) is 0.159. The zero-order valence-corrected chi connectivity index (χ0v) is 28.4. The Labute approximate surface area is 280 Å². The zero-order valence-electron chi connectivity index (χ0n) is 26.8. The molecular weight excluding hydrogens is 700 g/mol. The number of amides is 2. The molecular formula is C27H38N4O16S2. The third kappa shape index (κ3) is 8.72. The molecule has 2 amide bonds. The molecule has 1 aromatic carbocycles. The molecule has 0 bridgehead atoms. The van der Waals surface area contributed by atoms with Crippen LogP contribution in [0.5, 0.6) is 5.75 Å². The van der Waals surface area contributed by atoms with Crippen molar-refractivity contribution in [3.63, 3.8) is 0 Å². The van der Waals surface area contributed by atoms with Gasteiger partial charge in [0.05, 0.1) is 17.3 Å². The van der Waals surface area contributed by atoms with Crippen molar-refractivity contribution in [1.82, 2.24) is 4.90 Å². The first-order valence-electron chi connectivity index (χ1n) is 14.2. The monoisotopic (exact) mass is 738 g/mol. The molecule has 0 fully saturated rings. The maximum Gasteiger partial charge on any atom is 0.394 e. The van der Waals surface area contributed by atoms with E-state index in [1.807, 2.05) is 18.7 Å². The Morgan fingerprint density at radius 2 is 1.49 bits per heavy atom. The Morgan fingerprint density at radius 1 is 1.00 bits per heavy atom. The number of carbonyl (C=O) groups excluding carboxylic acids is 4. The highest BCUT2D eigenvalue weighted by Crippen LogP contribution is 2.54. The van der Waals surface area contributed by atoms with Crippen LogP contribution >= 0.6 is 0 Å². The molecule has 274 valence electrons. The van der Waals surface area contributed by atoms with Crippen LogP contribution in [0, 0.1) is 11.8 Å². The fourth-order valence-electron chi connectivity index (χ4n) is 6.43. The lowest BCUT2D eigenvalue weighted by Gasteiger charge is -2.50. The number of primary amides is 1. The van der Waals surface area contributed by atoms with Crippen molar-refractivity contribution in [1.29, 1.82) is 0 Å². The van der Waals surface area contributed by atoms with E-state index in [0.29, 0.717) is 24.3 Å². The first-order chi connectivity index (χ1) is 22.2. The topological polar surface area (TPSA) is 343 Å². The van der Waals surface area contributed by atoms with Gasteiger partial charge in [-0.15, -0.1) is 0 Å². The molecule has 22 heteroatoms.